The lowest BCUT2D eigenvalue weighted by Gasteiger charge is -2.40. The van der Waals surface area contributed by atoms with E-state index < -0.39 is 83.3 Å². The van der Waals surface area contributed by atoms with Gasteiger partial charge in [0.15, 0.2) is 6.10 Å². The number of alkyl halides is 3. The van der Waals surface area contributed by atoms with Gasteiger partial charge in [-0.1, -0.05) is 13.8 Å². The van der Waals surface area contributed by atoms with E-state index in [1.54, 1.807) is 41.5 Å². The quantitative estimate of drug-likeness (QED) is 0.175. The van der Waals surface area contributed by atoms with Crippen LogP contribution in [0.1, 0.15) is 88.0 Å². The zero-order valence-electron chi connectivity index (χ0n) is 26.8. The molecule has 1 aliphatic heterocycles. The first-order valence-electron chi connectivity index (χ1n) is 15.1. The number of cyclic esters (lactones) is 2. The van der Waals surface area contributed by atoms with Crippen LogP contribution in [-0.4, -0.2) is 59.6 Å². The number of carbonyl (C=O) groups is 5. The summed E-state index contributed by atoms with van der Waals surface area (Å²) >= 11 is 0. The van der Waals surface area contributed by atoms with Gasteiger partial charge in [-0.3, -0.25) is 19.2 Å². The molecule has 0 aromatic heterocycles. The number of fused-ring (bicyclic) bond motifs is 2. The van der Waals surface area contributed by atoms with Crippen molar-refractivity contribution in [1.29, 1.82) is 0 Å². The summed E-state index contributed by atoms with van der Waals surface area (Å²) in [4.78, 5) is 64.1. The van der Waals surface area contributed by atoms with Gasteiger partial charge in [-0.15, -0.1) is 0 Å². The number of halogens is 3. The van der Waals surface area contributed by atoms with Gasteiger partial charge in [0.1, 0.15) is 17.3 Å². The van der Waals surface area contributed by atoms with Crippen molar-refractivity contribution in [2.45, 2.75) is 118 Å². The molecule has 2 bridgehead atoms. The average molecular weight is 635 g/mol. The fourth-order valence-corrected chi connectivity index (χ4v) is 7.02. The monoisotopic (exact) mass is 634 g/mol. The predicted octanol–water partition coefficient (Wildman–Crippen LogP) is 5.78. The second-order valence-corrected chi connectivity index (χ2v) is 14.5. The largest absolute Gasteiger partial charge is 0.509 e. The molecule has 10 unspecified atom stereocenters. The van der Waals surface area contributed by atoms with Gasteiger partial charge in [-0.05, 0) is 91.4 Å². The van der Waals surface area contributed by atoms with Gasteiger partial charge in [0, 0.05) is 5.92 Å². The predicted molar refractivity (Wildman–Crippen MR) is 147 cm³/mol. The van der Waals surface area contributed by atoms with Crippen LogP contribution in [0, 0.1) is 47.3 Å². The van der Waals surface area contributed by atoms with E-state index in [0.29, 0.717) is 19.8 Å². The maximum absolute atomic E-state index is 13.1. The SMILES string of the molecule is CC(CC1C(=O)OC(=O)C1C1C(C)C2CC(C(CC(=O)OC(C)(C)C)OC(=O)OC(C)(C)C)C1C2)C(=O)OC(C)C(F)(F)F. The normalized spacial score (nSPS) is 30.8. The van der Waals surface area contributed by atoms with Crippen molar-refractivity contribution in [3.8, 4) is 0 Å². The Morgan fingerprint density at radius 2 is 1.50 bits per heavy atom. The van der Waals surface area contributed by atoms with E-state index in [2.05, 4.69) is 4.74 Å². The summed E-state index contributed by atoms with van der Waals surface area (Å²) in [5, 5.41) is 0. The summed E-state index contributed by atoms with van der Waals surface area (Å²) in [6.45, 7) is 14.2. The molecule has 3 fully saturated rings. The van der Waals surface area contributed by atoms with Crippen LogP contribution in [0.5, 0.6) is 0 Å². The Balaban J connectivity index is 1.85. The molecule has 2 aliphatic carbocycles. The van der Waals surface area contributed by atoms with Gasteiger partial charge in [0.05, 0.1) is 24.2 Å². The Morgan fingerprint density at radius 3 is 2.02 bits per heavy atom. The lowest BCUT2D eigenvalue weighted by Crippen LogP contribution is -2.44. The third kappa shape index (κ3) is 8.65. The molecule has 10 nitrogen and oxygen atoms in total. The van der Waals surface area contributed by atoms with E-state index in [4.69, 9.17) is 18.9 Å². The summed E-state index contributed by atoms with van der Waals surface area (Å²) in [6, 6.07) is 0. The van der Waals surface area contributed by atoms with Gasteiger partial charge in [0.2, 0.25) is 0 Å². The van der Waals surface area contributed by atoms with Crippen LogP contribution < -0.4 is 0 Å². The van der Waals surface area contributed by atoms with E-state index in [9.17, 15) is 37.1 Å². The molecule has 10 atom stereocenters. The van der Waals surface area contributed by atoms with Crippen LogP contribution in [0.4, 0.5) is 18.0 Å². The highest BCUT2D eigenvalue weighted by atomic mass is 19.4. The number of hydrogen-bond donors (Lipinski definition) is 0. The topological polar surface area (TPSA) is 132 Å². The molecule has 13 heteroatoms. The Hall–Kier alpha value is -2.86. The second kappa shape index (κ2) is 12.9. The van der Waals surface area contributed by atoms with E-state index in [1.165, 1.54) is 6.92 Å². The van der Waals surface area contributed by atoms with Crippen LogP contribution >= 0.6 is 0 Å². The summed E-state index contributed by atoms with van der Waals surface area (Å²) in [7, 11) is 0. The Kier molecular flexibility index (Phi) is 10.4. The van der Waals surface area contributed by atoms with Gasteiger partial charge < -0.3 is 23.7 Å². The first kappa shape index (κ1) is 35.6. The zero-order valence-corrected chi connectivity index (χ0v) is 26.8. The molecule has 0 amide bonds. The number of esters is 4. The third-order valence-electron chi connectivity index (χ3n) is 8.84. The Morgan fingerprint density at radius 1 is 0.909 bits per heavy atom. The van der Waals surface area contributed by atoms with E-state index in [-0.39, 0.29) is 36.5 Å². The zero-order chi connectivity index (χ0) is 33.5. The van der Waals surface area contributed by atoms with Crippen LogP contribution in [-0.2, 0) is 42.9 Å². The molecule has 0 radical (unpaired) electrons. The van der Waals surface area contributed by atoms with Gasteiger partial charge in [-0.2, -0.15) is 13.2 Å². The van der Waals surface area contributed by atoms with Crippen LogP contribution in [0.3, 0.4) is 0 Å². The van der Waals surface area contributed by atoms with Crippen molar-refractivity contribution < 1.29 is 60.8 Å². The fraction of sp³-hybridized carbons (Fsp3) is 0.839. The second-order valence-electron chi connectivity index (χ2n) is 14.5. The van der Waals surface area contributed by atoms with Crippen molar-refractivity contribution in [3.63, 3.8) is 0 Å². The van der Waals surface area contributed by atoms with Crippen molar-refractivity contribution in [2.75, 3.05) is 0 Å². The maximum atomic E-state index is 13.1. The summed E-state index contributed by atoms with van der Waals surface area (Å²) in [5.41, 5.74) is -1.63. The molecule has 2 saturated carbocycles. The molecule has 0 aromatic rings. The van der Waals surface area contributed by atoms with Gasteiger partial charge in [0.25, 0.3) is 0 Å². The van der Waals surface area contributed by atoms with Gasteiger partial charge >= 0.3 is 36.2 Å². The van der Waals surface area contributed by atoms with Crippen LogP contribution in [0.2, 0.25) is 0 Å². The van der Waals surface area contributed by atoms with Crippen molar-refractivity contribution in [2.24, 2.45) is 47.3 Å². The molecular weight excluding hydrogens is 589 g/mol. The Labute approximate surface area is 256 Å². The molecule has 3 rings (SSSR count). The molecule has 0 aromatic carbocycles. The highest BCUT2D eigenvalue weighted by molar-refractivity contribution is 5.97. The minimum atomic E-state index is -4.75. The minimum Gasteiger partial charge on any atom is -0.460 e. The molecule has 1 heterocycles. The highest BCUT2D eigenvalue weighted by Crippen LogP contribution is 2.61. The minimum absolute atomic E-state index is 0.0570. The summed E-state index contributed by atoms with van der Waals surface area (Å²) < 4.78 is 65.0. The summed E-state index contributed by atoms with van der Waals surface area (Å²) in [6.07, 6.45) is -8.21. The molecule has 1 saturated heterocycles. The molecule has 44 heavy (non-hydrogen) atoms. The van der Waals surface area contributed by atoms with E-state index >= 15 is 0 Å². The van der Waals surface area contributed by atoms with Crippen LogP contribution in [0.25, 0.3) is 0 Å². The first-order valence-corrected chi connectivity index (χ1v) is 15.1. The van der Waals surface area contributed by atoms with Crippen LogP contribution in [0.15, 0.2) is 0 Å². The Bertz CT molecular complexity index is 1090. The van der Waals surface area contributed by atoms with Crippen molar-refractivity contribution >= 4 is 30.0 Å². The number of rotatable bonds is 9. The lowest BCUT2D eigenvalue weighted by molar-refractivity contribution is -0.218. The fourth-order valence-electron chi connectivity index (χ4n) is 7.02. The number of ether oxygens (including phenoxy) is 5. The number of hydrogen-bond acceptors (Lipinski definition) is 10. The highest BCUT2D eigenvalue weighted by Gasteiger charge is 2.61. The molecular formula is C31H45F3O10. The summed E-state index contributed by atoms with van der Waals surface area (Å²) in [5.74, 6) is -7.51. The van der Waals surface area contributed by atoms with E-state index in [1.807, 2.05) is 6.92 Å². The molecule has 3 aliphatic rings. The lowest BCUT2D eigenvalue weighted by atomic mass is 9.64. The average Bonchev–Trinajstić information content (AvgIpc) is 3.46. The van der Waals surface area contributed by atoms with Gasteiger partial charge in [-0.25, -0.2) is 4.79 Å². The first-order chi connectivity index (χ1) is 20.0. The van der Waals surface area contributed by atoms with E-state index in [0.717, 1.165) is 0 Å². The molecule has 0 spiro atoms. The van der Waals surface area contributed by atoms with Crippen molar-refractivity contribution in [3.05, 3.63) is 0 Å². The smallest absolute Gasteiger partial charge is 0.460 e. The maximum Gasteiger partial charge on any atom is 0.509 e. The molecule has 250 valence electrons. The third-order valence-corrected chi connectivity index (χ3v) is 8.84. The molecule has 0 N–H and O–H groups in total. The standard InChI is InChI=1S/C31H45F3O10/c1-14(25(36)40-16(3)31(32,33)34)10-20-24(27(38)42-26(20)37)23-15(2)17-11-18(19(23)12-17)21(13-22(35)43-29(4,5)6)41-28(39)44-30(7,8)9/h14-21,23-24H,10-13H2,1-9H3. The van der Waals surface area contributed by atoms with Crippen molar-refractivity contribution in [1.82, 2.24) is 0 Å². The number of carbonyl (C=O) groups excluding carboxylic acids is 5.